The summed E-state index contributed by atoms with van der Waals surface area (Å²) in [6, 6.07) is 0.424. The zero-order chi connectivity index (χ0) is 13.7. The molecular formula is C15H28N4. The van der Waals surface area contributed by atoms with Crippen LogP contribution in [0.3, 0.4) is 0 Å². The third-order valence-corrected chi connectivity index (χ3v) is 4.55. The van der Waals surface area contributed by atoms with Gasteiger partial charge in [0.25, 0.3) is 0 Å². The summed E-state index contributed by atoms with van der Waals surface area (Å²) in [6.07, 6.45) is 10.1. The van der Waals surface area contributed by atoms with E-state index >= 15 is 0 Å². The zero-order valence-corrected chi connectivity index (χ0v) is 12.6. The molecule has 108 valence electrons. The standard InChI is InChI=1S/C15H28N4/c1-4-6-12-7-9-13(10-8-12)15(16-5-2)14-11-17-18-19(14)3/h11-13,15-16H,4-10H2,1-3H3. The topological polar surface area (TPSA) is 42.7 Å². The maximum absolute atomic E-state index is 4.09. The number of aryl methyl sites for hydroxylation is 1. The Labute approximate surface area is 117 Å². The van der Waals surface area contributed by atoms with Gasteiger partial charge in [-0.1, -0.05) is 44.7 Å². The van der Waals surface area contributed by atoms with Crippen LogP contribution in [0, 0.1) is 11.8 Å². The van der Waals surface area contributed by atoms with Crippen LogP contribution in [0.15, 0.2) is 6.20 Å². The Kier molecular flexibility index (Phi) is 5.37. The monoisotopic (exact) mass is 264 g/mol. The fraction of sp³-hybridized carbons (Fsp3) is 0.867. The van der Waals surface area contributed by atoms with Gasteiger partial charge in [-0.3, -0.25) is 4.68 Å². The Morgan fingerprint density at radius 3 is 2.58 bits per heavy atom. The summed E-state index contributed by atoms with van der Waals surface area (Å²) in [5, 5.41) is 11.8. The molecule has 1 aromatic heterocycles. The minimum Gasteiger partial charge on any atom is -0.309 e. The average Bonchev–Trinajstić information content (AvgIpc) is 2.84. The Morgan fingerprint density at radius 2 is 2.05 bits per heavy atom. The Bertz CT molecular complexity index is 366. The van der Waals surface area contributed by atoms with Crippen molar-refractivity contribution in [3.05, 3.63) is 11.9 Å². The molecule has 1 aromatic rings. The molecule has 1 heterocycles. The van der Waals surface area contributed by atoms with Crippen molar-refractivity contribution in [3.63, 3.8) is 0 Å². The van der Waals surface area contributed by atoms with E-state index in [1.54, 1.807) is 0 Å². The highest BCUT2D eigenvalue weighted by Crippen LogP contribution is 2.38. The van der Waals surface area contributed by atoms with E-state index in [4.69, 9.17) is 0 Å². The van der Waals surface area contributed by atoms with Crippen molar-refractivity contribution in [1.29, 1.82) is 0 Å². The van der Waals surface area contributed by atoms with Crippen molar-refractivity contribution in [2.75, 3.05) is 6.54 Å². The van der Waals surface area contributed by atoms with Gasteiger partial charge in [-0.25, -0.2) is 0 Å². The molecule has 0 amide bonds. The lowest BCUT2D eigenvalue weighted by Crippen LogP contribution is -2.32. The number of hydrogen-bond acceptors (Lipinski definition) is 3. The van der Waals surface area contributed by atoms with Crippen LogP contribution < -0.4 is 5.32 Å². The molecule has 0 radical (unpaired) electrons. The summed E-state index contributed by atoms with van der Waals surface area (Å²) in [6.45, 7) is 5.49. The largest absolute Gasteiger partial charge is 0.309 e. The number of hydrogen-bond donors (Lipinski definition) is 1. The van der Waals surface area contributed by atoms with Crippen LogP contribution in [0.2, 0.25) is 0 Å². The van der Waals surface area contributed by atoms with Crippen LogP contribution in [0.5, 0.6) is 0 Å². The molecular weight excluding hydrogens is 236 g/mol. The SMILES string of the molecule is CCCC1CCC(C(NCC)c2cnnn2C)CC1. The van der Waals surface area contributed by atoms with Gasteiger partial charge in [-0.2, -0.15) is 0 Å². The molecule has 0 aromatic carbocycles. The summed E-state index contributed by atoms with van der Waals surface area (Å²) in [4.78, 5) is 0. The quantitative estimate of drug-likeness (QED) is 0.858. The van der Waals surface area contributed by atoms with E-state index < -0.39 is 0 Å². The molecule has 1 N–H and O–H groups in total. The molecule has 0 bridgehead atoms. The summed E-state index contributed by atoms with van der Waals surface area (Å²) >= 11 is 0. The van der Waals surface area contributed by atoms with Gasteiger partial charge in [0.05, 0.1) is 17.9 Å². The molecule has 0 aliphatic heterocycles. The molecule has 4 nitrogen and oxygen atoms in total. The van der Waals surface area contributed by atoms with Crippen molar-refractivity contribution >= 4 is 0 Å². The second-order valence-electron chi connectivity index (χ2n) is 5.89. The van der Waals surface area contributed by atoms with Gasteiger partial charge in [0.15, 0.2) is 0 Å². The second-order valence-corrected chi connectivity index (χ2v) is 5.89. The van der Waals surface area contributed by atoms with Crippen LogP contribution >= 0.6 is 0 Å². The van der Waals surface area contributed by atoms with E-state index in [1.807, 2.05) is 17.9 Å². The van der Waals surface area contributed by atoms with Crippen LogP contribution in [0.25, 0.3) is 0 Å². The summed E-state index contributed by atoms with van der Waals surface area (Å²) in [7, 11) is 2.00. The first kappa shape index (κ1) is 14.5. The summed E-state index contributed by atoms with van der Waals surface area (Å²) in [5.74, 6) is 1.71. The molecule has 1 saturated carbocycles. The molecule has 0 spiro atoms. The highest BCUT2D eigenvalue weighted by atomic mass is 15.4. The highest BCUT2D eigenvalue weighted by Gasteiger charge is 2.29. The minimum atomic E-state index is 0.424. The van der Waals surface area contributed by atoms with Crippen molar-refractivity contribution in [2.45, 2.75) is 58.4 Å². The predicted octanol–water partition coefficient (Wildman–Crippen LogP) is 3.07. The first-order valence-electron chi connectivity index (χ1n) is 7.84. The van der Waals surface area contributed by atoms with E-state index in [-0.39, 0.29) is 0 Å². The van der Waals surface area contributed by atoms with Crippen molar-refractivity contribution < 1.29 is 0 Å². The Morgan fingerprint density at radius 1 is 1.32 bits per heavy atom. The van der Waals surface area contributed by atoms with Gasteiger partial charge in [0.2, 0.25) is 0 Å². The predicted molar refractivity (Wildman–Crippen MR) is 77.8 cm³/mol. The van der Waals surface area contributed by atoms with Crippen molar-refractivity contribution in [2.24, 2.45) is 18.9 Å². The van der Waals surface area contributed by atoms with Gasteiger partial charge in [-0.05, 0) is 31.2 Å². The molecule has 1 fully saturated rings. The smallest absolute Gasteiger partial charge is 0.0756 e. The Balaban J connectivity index is 1.99. The maximum atomic E-state index is 4.09. The van der Waals surface area contributed by atoms with E-state index in [2.05, 4.69) is 29.5 Å². The molecule has 0 saturated heterocycles. The van der Waals surface area contributed by atoms with Gasteiger partial charge < -0.3 is 5.32 Å². The van der Waals surface area contributed by atoms with Crippen molar-refractivity contribution in [1.82, 2.24) is 20.3 Å². The lowest BCUT2D eigenvalue weighted by molar-refractivity contribution is 0.211. The van der Waals surface area contributed by atoms with Crippen LogP contribution in [0.1, 0.15) is 64.1 Å². The maximum Gasteiger partial charge on any atom is 0.0756 e. The third kappa shape index (κ3) is 3.56. The van der Waals surface area contributed by atoms with Crippen molar-refractivity contribution in [3.8, 4) is 0 Å². The second kappa shape index (κ2) is 7.04. The van der Waals surface area contributed by atoms with E-state index in [0.717, 1.165) is 18.4 Å². The third-order valence-electron chi connectivity index (χ3n) is 4.55. The zero-order valence-electron chi connectivity index (χ0n) is 12.6. The number of nitrogens with zero attached hydrogens (tertiary/aromatic N) is 3. The fourth-order valence-corrected chi connectivity index (χ4v) is 3.53. The molecule has 1 aliphatic carbocycles. The van der Waals surface area contributed by atoms with E-state index in [0.29, 0.717) is 6.04 Å². The van der Waals surface area contributed by atoms with Gasteiger partial charge in [0, 0.05) is 7.05 Å². The van der Waals surface area contributed by atoms with Gasteiger partial charge >= 0.3 is 0 Å². The van der Waals surface area contributed by atoms with E-state index in [9.17, 15) is 0 Å². The number of rotatable bonds is 6. The Hall–Kier alpha value is -0.900. The van der Waals surface area contributed by atoms with Gasteiger partial charge in [0.1, 0.15) is 0 Å². The lowest BCUT2D eigenvalue weighted by atomic mass is 9.76. The van der Waals surface area contributed by atoms with Gasteiger partial charge in [-0.15, -0.1) is 5.10 Å². The van der Waals surface area contributed by atoms with Crippen LogP contribution in [0.4, 0.5) is 0 Å². The first-order valence-corrected chi connectivity index (χ1v) is 7.84. The molecule has 1 unspecified atom stereocenters. The number of aromatic nitrogens is 3. The highest BCUT2D eigenvalue weighted by molar-refractivity contribution is 5.04. The minimum absolute atomic E-state index is 0.424. The van der Waals surface area contributed by atoms with Crippen LogP contribution in [-0.2, 0) is 7.05 Å². The summed E-state index contributed by atoms with van der Waals surface area (Å²) in [5.41, 5.74) is 1.24. The molecule has 19 heavy (non-hydrogen) atoms. The lowest BCUT2D eigenvalue weighted by Gasteiger charge is -2.34. The molecule has 1 atom stereocenters. The normalized spacial score (nSPS) is 25.4. The average molecular weight is 264 g/mol. The molecule has 1 aliphatic rings. The fourth-order valence-electron chi connectivity index (χ4n) is 3.53. The number of nitrogens with one attached hydrogen (secondary N) is 1. The molecule has 4 heteroatoms. The molecule has 2 rings (SSSR count). The first-order chi connectivity index (χ1) is 9.26. The summed E-state index contributed by atoms with van der Waals surface area (Å²) < 4.78 is 1.92. The van der Waals surface area contributed by atoms with Crippen LogP contribution in [-0.4, -0.2) is 21.5 Å². The van der Waals surface area contributed by atoms with E-state index in [1.165, 1.54) is 44.2 Å².